The Bertz CT molecular complexity index is 597. The van der Waals surface area contributed by atoms with Crippen LogP contribution in [0.3, 0.4) is 0 Å². The van der Waals surface area contributed by atoms with Crippen LogP contribution in [0.2, 0.25) is 0 Å². The molecule has 0 amide bonds. The van der Waals surface area contributed by atoms with Crippen LogP contribution in [0.1, 0.15) is 10.4 Å². The molecule has 82 valence electrons. The molecule has 4 N–H and O–H groups in total. The first-order valence-corrected chi connectivity index (χ1v) is 4.50. The number of para-hydroxylation sites is 2. The molecule has 16 heavy (non-hydrogen) atoms. The zero-order valence-electron chi connectivity index (χ0n) is 8.18. The van der Waals surface area contributed by atoms with Crippen molar-refractivity contribution in [2.75, 3.05) is 5.73 Å². The van der Waals surface area contributed by atoms with Crippen molar-refractivity contribution in [3.63, 3.8) is 0 Å². The molecular weight excluding hydrogens is 210 g/mol. The first-order valence-electron chi connectivity index (χ1n) is 4.50. The number of nitrogen functional groups attached to an aromatic ring is 1. The summed E-state index contributed by atoms with van der Waals surface area (Å²) in [4.78, 5) is 22.3. The molecule has 1 heterocycles. The number of carbonyl (C=O) groups is 1. The Labute approximate surface area is 89.9 Å². The van der Waals surface area contributed by atoms with Crippen LogP contribution in [0.4, 0.5) is 5.69 Å². The van der Waals surface area contributed by atoms with E-state index in [1.54, 1.807) is 24.3 Å². The standard InChI is InChI=1S/C10H9N3O3/c11-7-3-1-2-4-8(7)13-9(14)6(5-12-13)10(15)16/h1-5,12H,11H2,(H,15,16). The molecule has 1 aromatic heterocycles. The number of benzene rings is 1. The molecule has 0 bridgehead atoms. The van der Waals surface area contributed by atoms with Gasteiger partial charge in [-0.3, -0.25) is 9.89 Å². The van der Waals surface area contributed by atoms with Crippen LogP contribution in [0.25, 0.3) is 5.69 Å². The summed E-state index contributed by atoms with van der Waals surface area (Å²) in [5.41, 5.74) is 5.55. The van der Waals surface area contributed by atoms with E-state index in [-0.39, 0.29) is 5.56 Å². The lowest BCUT2D eigenvalue weighted by molar-refractivity contribution is 0.0695. The van der Waals surface area contributed by atoms with E-state index in [0.717, 1.165) is 10.9 Å². The highest BCUT2D eigenvalue weighted by Gasteiger charge is 2.14. The predicted octanol–water partition coefficient (Wildman–Crippen LogP) is 0.446. The fourth-order valence-corrected chi connectivity index (χ4v) is 1.39. The topological polar surface area (TPSA) is 101 Å². The van der Waals surface area contributed by atoms with E-state index in [9.17, 15) is 9.59 Å². The van der Waals surface area contributed by atoms with Crippen molar-refractivity contribution < 1.29 is 9.90 Å². The minimum Gasteiger partial charge on any atom is -0.477 e. The Kier molecular flexibility index (Phi) is 2.24. The van der Waals surface area contributed by atoms with Crippen molar-refractivity contribution in [1.82, 2.24) is 9.78 Å². The number of nitrogens with two attached hydrogens (primary N) is 1. The molecule has 2 aromatic rings. The molecule has 6 heteroatoms. The third kappa shape index (κ3) is 1.46. The number of nitrogens with one attached hydrogen (secondary N) is 1. The summed E-state index contributed by atoms with van der Waals surface area (Å²) >= 11 is 0. The molecule has 0 spiro atoms. The Balaban J connectivity index is 2.63. The Morgan fingerprint density at radius 3 is 2.62 bits per heavy atom. The Hall–Kier alpha value is -2.50. The number of hydrogen-bond donors (Lipinski definition) is 3. The van der Waals surface area contributed by atoms with Crippen molar-refractivity contribution >= 4 is 11.7 Å². The van der Waals surface area contributed by atoms with Gasteiger partial charge in [-0.05, 0) is 12.1 Å². The molecule has 1 aromatic carbocycles. The summed E-state index contributed by atoms with van der Waals surface area (Å²) < 4.78 is 1.10. The van der Waals surface area contributed by atoms with Gasteiger partial charge in [-0.15, -0.1) is 0 Å². The number of nitrogens with zero attached hydrogens (tertiary/aromatic N) is 1. The average Bonchev–Trinajstić information content (AvgIpc) is 2.61. The molecule has 0 radical (unpaired) electrons. The minimum absolute atomic E-state index is 0.316. The van der Waals surface area contributed by atoms with Gasteiger partial charge in [-0.1, -0.05) is 12.1 Å². The Morgan fingerprint density at radius 1 is 1.38 bits per heavy atom. The number of aromatic amines is 1. The maximum absolute atomic E-state index is 11.7. The molecule has 0 aliphatic carbocycles. The molecule has 0 saturated carbocycles. The summed E-state index contributed by atoms with van der Waals surface area (Å²) in [7, 11) is 0. The molecule has 6 nitrogen and oxygen atoms in total. The van der Waals surface area contributed by atoms with Crippen LogP contribution >= 0.6 is 0 Å². The average molecular weight is 219 g/mol. The number of hydrogen-bond acceptors (Lipinski definition) is 3. The zero-order chi connectivity index (χ0) is 11.7. The third-order valence-electron chi connectivity index (χ3n) is 2.18. The van der Waals surface area contributed by atoms with Crippen molar-refractivity contribution in [3.8, 4) is 5.69 Å². The van der Waals surface area contributed by atoms with Crippen molar-refractivity contribution in [2.24, 2.45) is 0 Å². The molecule has 0 aliphatic heterocycles. The van der Waals surface area contributed by atoms with Gasteiger partial charge in [0, 0.05) is 6.20 Å². The lowest BCUT2D eigenvalue weighted by Crippen LogP contribution is -2.20. The second-order valence-electron chi connectivity index (χ2n) is 3.19. The van der Waals surface area contributed by atoms with Crippen LogP contribution in [0.5, 0.6) is 0 Å². The van der Waals surface area contributed by atoms with E-state index in [1.165, 1.54) is 0 Å². The lowest BCUT2D eigenvalue weighted by atomic mass is 10.3. The highest BCUT2D eigenvalue weighted by Crippen LogP contribution is 2.13. The smallest absolute Gasteiger partial charge is 0.342 e. The van der Waals surface area contributed by atoms with E-state index in [1.807, 2.05) is 0 Å². The fourth-order valence-electron chi connectivity index (χ4n) is 1.39. The number of carboxylic acids is 1. The molecule has 0 fully saturated rings. The number of carboxylic acid groups (broad SMARTS) is 1. The Morgan fingerprint density at radius 2 is 2.06 bits per heavy atom. The summed E-state index contributed by atoms with van der Waals surface area (Å²) in [6.45, 7) is 0. The van der Waals surface area contributed by atoms with Crippen LogP contribution < -0.4 is 11.3 Å². The van der Waals surface area contributed by atoms with Crippen LogP contribution in [0, 0.1) is 0 Å². The summed E-state index contributed by atoms with van der Waals surface area (Å²) in [6, 6.07) is 6.69. The maximum Gasteiger partial charge on any atom is 0.342 e. The van der Waals surface area contributed by atoms with E-state index in [4.69, 9.17) is 10.8 Å². The van der Waals surface area contributed by atoms with Gasteiger partial charge in [0.25, 0.3) is 5.56 Å². The molecule has 0 unspecified atom stereocenters. The van der Waals surface area contributed by atoms with E-state index in [0.29, 0.717) is 11.4 Å². The monoisotopic (exact) mass is 219 g/mol. The van der Waals surface area contributed by atoms with Gasteiger partial charge in [0.1, 0.15) is 5.56 Å². The maximum atomic E-state index is 11.7. The normalized spacial score (nSPS) is 10.2. The first kappa shape index (κ1) is 10.0. The van der Waals surface area contributed by atoms with E-state index >= 15 is 0 Å². The highest BCUT2D eigenvalue weighted by molar-refractivity contribution is 5.87. The number of anilines is 1. The quantitative estimate of drug-likeness (QED) is 0.638. The van der Waals surface area contributed by atoms with Gasteiger partial charge in [0.05, 0.1) is 11.4 Å². The summed E-state index contributed by atoms with van der Waals surface area (Å²) in [5, 5.41) is 11.3. The van der Waals surface area contributed by atoms with Gasteiger partial charge >= 0.3 is 5.97 Å². The molecule has 0 aliphatic rings. The molecule has 0 saturated heterocycles. The summed E-state index contributed by atoms with van der Waals surface area (Å²) in [6.07, 6.45) is 1.14. The molecule has 0 atom stereocenters. The van der Waals surface area contributed by atoms with Gasteiger partial charge in [0.15, 0.2) is 0 Å². The second kappa shape index (κ2) is 3.58. The summed E-state index contributed by atoms with van der Waals surface area (Å²) in [5.74, 6) is -1.27. The minimum atomic E-state index is -1.27. The van der Waals surface area contributed by atoms with Crippen LogP contribution in [-0.2, 0) is 0 Å². The number of aromatic nitrogens is 2. The van der Waals surface area contributed by atoms with E-state index < -0.39 is 11.5 Å². The zero-order valence-corrected chi connectivity index (χ0v) is 8.18. The van der Waals surface area contributed by atoms with Crippen molar-refractivity contribution in [1.29, 1.82) is 0 Å². The third-order valence-corrected chi connectivity index (χ3v) is 2.18. The molecule has 2 rings (SSSR count). The largest absolute Gasteiger partial charge is 0.477 e. The predicted molar refractivity (Wildman–Crippen MR) is 57.8 cm³/mol. The molecular formula is C10H9N3O3. The second-order valence-corrected chi connectivity index (χ2v) is 3.19. The van der Waals surface area contributed by atoms with Gasteiger partial charge in [0.2, 0.25) is 0 Å². The van der Waals surface area contributed by atoms with E-state index in [2.05, 4.69) is 5.10 Å². The lowest BCUT2D eigenvalue weighted by Gasteiger charge is -2.04. The van der Waals surface area contributed by atoms with Gasteiger partial charge < -0.3 is 10.8 Å². The van der Waals surface area contributed by atoms with Crippen molar-refractivity contribution in [2.45, 2.75) is 0 Å². The van der Waals surface area contributed by atoms with Crippen molar-refractivity contribution in [3.05, 3.63) is 46.4 Å². The van der Waals surface area contributed by atoms with Gasteiger partial charge in [-0.25, -0.2) is 9.48 Å². The number of rotatable bonds is 2. The first-order chi connectivity index (χ1) is 7.61. The fraction of sp³-hybridized carbons (Fsp3) is 0. The highest BCUT2D eigenvalue weighted by atomic mass is 16.4. The van der Waals surface area contributed by atoms with Crippen LogP contribution in [0.15, 0.2) is 35.3 Å². The number of aromatic carboxylic acids is 1. The number of H-pyrrole nitrogens is 1. The SMILES string of the molecule is Nc1ccccc1-n1[nH]cc(C(=O)O)c1=O. The van der Waals surface area contributed by atoms with Crippen LogP contribution in [-0.4, -0.2) is 20.9 Å². The van der Waals surface area contributed by atoms with Gasteiger partial charge in [-0.2, -0.15) is 0 Å².